The number of aliphatic hydroxyl groups excluding tert-OH is 1. The number of aryl methyl sites for hydroxylation is 2. The fourth-order valence-corrected chi connectivity index (χ4v) is 3.23. The molecule has 0 radical (unpaired) electrons. The number of carboxylic acid groups (broad SMARTS) is 1. The molecule has 1 fully saturated rings. The Hall–Kier alpha value is -1.69. The number of aromatic nitrogens is 2. The molecule has 2 atom stereocenters. The molecule has 1 aromatic heterocycles. The number of hydrogen-bond donors (Lipinski definition) is 2. The van der Waals surface area contributed by atoms with Crippen molar-refractivity contribution in [3.63, 3.8) is 0 Å². The van der Waals surface area contributed by atoms with Crippen LogP contribution in [0.5, 0.6) is 0 Å². The van der Waals surface area contributed by atoms with Crippen molar-refractivity contribution in [2.24, 2.45) is 5.41 Å². The van der Waals surface area contributed by atoms with Gasteiger partial charge in [-0.1, -0.05) is 20.3 Å². The lowest BCUT2D eigenvalue weighted by Crippen LogP contribution is -2.55. The van der Waals surface area contributed by atoms with E-state index in [1.54, 1.807) is 6.20 Å². The first kappa shape index (κ1) is 16.7. The van der Waals surface area contributed by atoms with Crippen LogP contribution in [0.4, 0.5) is 5.95 Å². The predicted molar refractivity (Wildman–Crippen MR) is 84.0 cm³/mol. The van der Waals surface area contributed by atoms with E-state index in [0.717, 1.165) is 24.1 Å². The summed E-state index contributed by atoms with van der Waals surface area (Å²) in [5.74, 6) is -0.322. The van der Waals surface area contributed by atoms with Gasteiger partial charge in [-0.05, 0) is 31.7 Å². The van der Waals surface area contributed by atoms with Gasteiger partial charge in [0.1, 0.15) is 0 Å². The molecule has 1 aliphatic rings. The number of carbonyl (C=O) groups is 1. The van der Waals surface area contributed by atoms with E-state index in [0.29, 0.717) is 25.3 Å². The van der Waals surface area contributed by atoms with Crippen LogP contribution in [0.15, 0.2) is 6.20 Å². The summed E-state index contributed by atoms with van der Waals surface area (Å²) < 4.78 is 0. The van der Waals surface area contributed by atoms with E-state index in [1.807, 2.05) is 25.7 Å². The van der Waals surface area contributed by atoms with Gasteiger partial charge in [-0.15, -0.1) is 0 Å². The number of hydrogen-bond acceptors (Lipinski definition) is 5. The van der Waals surface area contributed by atoms with Gasteiger partial charge in [-0.3, -0.25) is 4.79 Å². The Morgan fingerprint density at radius 2 is 2.23 bits per heavy atom. The largest absolute Gasteiger partial charge is 0.481 e. The van der Waals surface area contributed by atoms with Crippen molar-refractivity contribution in [2.75, 3.05) is 18.0 Å². The van der Waals surface area contributed by atoms with Gasteiger partial charge >= 0.3 is 5.97 Å². The first-order valence-corrected chi connectivity index (χ1v) is 7.93. The fraction of sp³-hybridized carbons (Fsp3) is 0.688. The monoisotopic (exact) mass is 307 g/mol. The summed E-state index contributed by atoms with van der Waals surface area (Å²) >= 11 is 0. The fourth-order valence-electron chi connectivity index (χ4n) is 3.23. The van der Waals surface area contributed by atoms with Crippen LogP contribution in [0.25, 0.3) is 0 Å². The SMILES string of the molecule is CCC[C@]1(C(=O)O)CCN(c2ncc(C)c(CC)n2)C[C@@H]1O. The lowest BCUT2D eigenvalue weighted by Gasteiger charge is -2.42. The maximum Gasteiger partial charge on any atom is 0.312 e. The molecule has 0 saturated carbocycles. The van der Waals surface area contributed by atoms with E-state index < -0.39 is 17.5 Å². The Balaban J connectivity index is 2.20. The smallest absolute Gasteiger partial charge is 0.312 e. The number of carboxylic acids is 1. The third-order valence-corrected chi connectivity index (χ3v) is 4.66. The molecule has 0 bridgehead atoms. The zero-order valence-corrected chi connectivity index (χ0v) is 13.5. The van der Waals surface area contributed by atoms with Gasteiger partial charge in [-0.25, -0.2) is 9.97 Å². The standard InChI is InChI=1S/C16H25N3O3/c1-4-6-16(14(21)22)7-8-19(10-13(16)20)15-17-9-11(3)12(5-2)18-15/h9,13,20H,4-8,10H2,1-3H3,(H,21,22)/t13-,16-/m0/s1. The average Bonchev–Trinajstić information content (AvgIpc) is 2.49. The maximum atomic E-state index is 11.7. The Morgan fingerprint density at radius 3 is 2.77 bits per heavy atom. The number of nitrogens with zero attached hydrogens (tertiary/aromatic N) is 3. The summed E-state index contributed by atoms with van der Waals surface area (Å²) in [7, 11) is 0. The van der Waals surface area contributed by atoms with Crippen LogP contribution < -0.4 is 4.90 Å². The Morgan fingerprint density at radius 1 is 1.50 bits per heavy atom. The lowest BCUT2D eigenvalue weighted by atomic mass is 9.73. The van der Waals surface area contributed by atoms with Gasteiger partial charge in [0, 0.05) is 25.0 Å². The van der Waals surface area contributed by atoms with Crippen LogP contribution in [0.2, 0.25) is 0 Å². The minimum absolute atomic E-state index is 0.262. The van der Waals surface area contributed by atoms with E-state index in [4.69, 9.17) is 0 Å². The van der Waals surface area contributed by atoms with Crippen molar-refractivity contribution in [3.8, 4) is 0 Å². The molecule has 2 N–H and O–H groups in total. The molecule has 6 heteroatoms. The maximum absolute atomic E-state index is 11.7. The summed E-state index contributed by atoms with van der Waals surface area (Å²) in [6.45, 7) is 6.78. The number of rotatable bonds is 5. The highest BCUT2D eigenvalue weighted by atomic mass is 16.4. The zero-order chi connectivity index (χ0) is 16.3. The van der Waals surface area contributed by atoms with Crippen molar-refractivity contribution >= 4 is 11.9 Å². The van der Waals surface area contributed by atoms with E-state index in [1.165, 1.54) is 0 Å². The minimum atomic E-state index is -1.04. The van der Waals surface area contributed by atoms with Crippen molar-refractivity contribution in [3.05, 3.63) is 17.5 Å². The zero-order valence-electron chi connectivity index (χ0n) is 13.5. The number of anilines is 1. The third kappa shape index (κ3) is 2.92. The molecule has 22 heavy (non-hydrogen) atoms. The number of β-amino-alcohol motifs (C(OH)–C–C–N with tert-alkyl or cyclic N) is 1. The van der Waals surface area contributed by atoms with E-state index in [2.05, 4.69) is 9.97 Å². The van der Waals surface area contributed by atoms with Gasteiger partial charge in [-0.2, -0.15) is 0 Å². The van der Waals surface area contributed by atoms with Crippen molar-refractivity contribution in [1.29, 1.82) is 0 Å². The minimum Gasteiger partial charge on any atom is -0.481 e. The Bertz CT molecular complexity index is 549. The molecule has 1 aromatic rings. The van der Waals surface area contributed by atoms with Crippen LogP contribution in [0.3, 0.4) is 0 Å². The molecule has 2 heterocycles. The van der Waals surface area contributed by atoms with Crippen LogP contribution >= 0.6 is 0 Å². The van der Waals surface area contributed by atoms with Crippen LogP contribution in [0.1, 0.15) is 44.4 Å². The topological polar surface area (TPSA) is 86.5 Å². The van der Waals surface area contributed by atoms with E-state index in [-0.39, 0.29) is 6.54 Å². The third-order valence-electron chi connectivity index (χ3n) is 4.66. The highest BCUT2D eigenvalue weighted by Crippen LogP contribution is 2.37. The Kier molecular flexibility index (Phi) is 5.01. The highest BCUT2D eigenvalue weighted by molar-refractivity contribution is 5.76. The molecule has 6 nitrogen and oxygen atoms in total. The molecule has 0 unspecified atom stereocenters. The van der Waals surface area contributed by atoms with Crippen molar-refractivity contribution in [2.45, 2.75) is 52.6 Å². The number of aliphatic carboxylic acids is 1. The summed E-state index contributed by atoms with van der Waals surface area (Å²) in [5.41, 5.74) is 1.00. The molecule has 0 amide bonds. The summed E-state index contributed by atoms with van der Waals surface area (Å²) in [6.07, 6.45) is 3.35. The van der Waals surface area contributed by atoms with Gasteiger partial charge in [0.05, 0.1) is 11.5 Å². The van der Waals surface area contributed by atoms with Gasteiger partial charge < -0.3 is 15.1 Å². The normalized spacial score (nSPS) is 25.3. The molecule has 122 valence electrons. The molecule has 0 aliphatic carbocycles. The highest BCUT2D eigenvalue weighted by Gasteiger charge is 2.48. The van der Waals surface area contributed by atoms with Crippen LogP contribution in [-0.4, -0.2) is 45.3 Å². The first-order chi connectivity index (χ1) is 10.4. The summed E-state index contributed by atoms with van der Waals surface area (Å²) in [5, 5.41) is 20.0. The molecular weight excluding hydrogens is 282 g/mol. The molecule has 1 saturated heterocycles. The molecule has 0 spiro atoms. The van der Waals surface area contributed by atoms with Crippen LogP contribution in [0, 0.1) is 12.3 Å². The molecule has 2 rings (SSSR count). The lowest BCUT2D eigenvalue weighted by molar-refractivity contribution is -0.159. The molecule has 1 aliphatic heterocycles. The first-order valence-electron chi connectivity index (χ1n) is 7.93. The van der Waals surface area contributed by atoms with Gasteiger partial charge in [0.2, 0.25) is 5.95 Å². The van der Waals surface area contributed by atoms with E-state index >= 15 is 0 Å². The van der Waals surface area contributed by atoms with Crippen molar-refractivity contribution < 1.29 is 15.0 Å². The second-order valence-electron chi connectivity index (χ2n) is 6.08. The van der Waals surface area contributed by atoms with Gasteiger partial charge in [0.25, 0.3) is 0 Å². The van der Waals surface area contributed by atoms with Gasteiger partial charge in [0.15, 0.2) is 0 Å². The summed E-state index contributed by atoms with van der Waals surface area (Å²) in [4.78, 5) is 22.4. The molecular formula is C16H25N3O3. The second-order valence-corrected chi connectivity index (χ2v) is 6.08. The molecule has 0 aromatic carbocycles. The van der Waals surface area contributed by atoms with Crippen LogP contribution in [-0.2, 0) is 11.2 Å². The number of aliphatic hydroxyl groups is 1. The van der Waals surface area contributed by atoms with Crippen molar-refractivity contribution in [1.82, 2.24) is 9.97 Å². The predicted octanol–water partition coefficient (Wildman–Crippen LogP) is 1.79. The summed E-state index contributed by atoms with van der Waals surface area (Å²) in [6, 6.07) is 0. The number of piperidine rings is 1. The van der Waals surface area contributed by atoms with E-state index in [9.17, 15) is 15.0 Å². The second kappa shape index (κ2) is 6.60. The Labute approximate surface area is 131 Å². The quantitative estimate of drug-likeness (QED) is 0.862. The average molecular weight is 307 g/mol.